The molecule has 0 heterocycles. The summed E-state index contributed by atoms with van der Waals surface area (Å²) in [6.45, 7) is 3.64. The van der Waals surface area contributed by atoms with Crippen LogP contribution in [0, 0.1) is 0 Å². The summed E-state index contributed by atoms with van der Waals surface area (Å²) >= 11 is 0. The van der Waals surface area contributed by atoms with Crippen LogP contribution in [0.2, 0.25) is 0 Å². The molecule has 0 bridgehead atoms. The number of primary amides is 1. The number of ketones is 1. The summed E-state index contributed by atoms with van der Waals surface area (Å²) in [6, 6.07) is 0. The zero-order chi connectivity index (χ0) is 18.6. The number of carbonyl (C=O) groups excluding carboxylic acids is 2. The van der Waals surface area contributed by atoms with Gasteiger partial charge in [-0.05, 0) is 13.3 Å². The molecular formula is C19H39NO4. The molecule has 0 radical (unpaired) electrons. The number of carbonyl (C=O) groups is 2. The van der Waals surface area contributed by atoms with E-state index in [4.69, 9.17) is 15.9 Å². The van der Waals surface area contributed by atoms with Crippen molar-refractivity contribution in [2.75, 3.05) is 6.61 Å². The number of hydrogen-bond donors (Lipinski definition) is 3. The molecule has 0 saturated heterocycles. The number of aliphatic hydroxyl groups is 2. The zero-order valence-corrected chi connectivity index (χ0v) is 15.8. The van der Waals surface area contributed by atoms with Gasteiger partial charge in [0.15, 0.2) is 0 Å². The summed E-state index contributed by atoms with van der Waals surface area (Å²) in [5.41, 5.74) is 4.89. The summed E-state index contributed by atoms with van der Waals surface area (Å²) in [4.78, 5) is 21.5. The van der Waals surface area contributed by atoms with E-state index in [1.165, 1.54) is 71.1 Å². The number of hydrogen-bond acceptors (Lipinski definition) is 4. The number of Topliss-reactive ketones (excluding diaryl/α,β-unsaturated/α-hetero) is 1. The van der Waals surface area contributed by atoms with Gasteiger partial charge in [0.1, 0.15) is 0 Å². The second-order valence-corrected chi connectivity index (χ2v) is 6.46. The fourth-order valence-corrected chi connectivity index (χ4v) is 2.25. The first-order valence-electron chi connectivity index (χ1n) is 9.57. The summed E-state index contributed by atoms with van der Waals surface area (Å²) < 4.78 is 0. The predicted molar refractivity (Wildman–Crippen MR) is 98.7 cm³/mol. The highest BCUT2D eigenvalue weighted by molar-refractivity contribution is 6.35. The summed E-state index contributed by atoms with van der Waals surface area (Å²) in [6.07, 6.45) is 14.9. The molecule has 5 heteroatoms. The topological polar surface area (TPSA) is 101 Å². The van der Waals surface area contributed by atoms with Gasteiger partial charge < -0.3 is 15.9 Å². The van der Waals surface area contributed by atoms with Crippen LogP contribution in [-0.2, 0) is 9.59 Å². The predicted octanol–water partition coefficient (Wildman–Crippen LogP) is 3.49. The van der Waals surface area contributed by atoms with Crippen molar-refractivity contribution in [3.8, 4) is 0 Å². The number of amides is 1. The molecule has 0 aromatic carbocycles. The highest BCUT2D eigenvalue weighted by Gasteiger charge is 2.07. The molecule has 24 heavy (non-hydrogen) atoms. The Morgan fingerprint density at radius 1 is 0.833 bits per heavy atom. The Kier molecular flexibility index (Phi) is 21.2. The van der Waals surface area contributed by atoms with Gasteiger partial charge in [-0.25, -0.2) is 0 Å². The van der Waals surface area contributed by atoms with E-state index in [0.717, 1.165) is 12.8 Å². The highest BCUT2D eigenvalue weighted by Crippen LogP contribution is 2.12. The van der Waals surface area contributed by atoms with E-state index in [2.05, 4.69) is 6.92 Å². The Bertz CT molecular complexity index is 293. The number of nitrogens with two attached hydrogens (primary N) is 1. The Hall–Kier alpha value is -0.940. The molecule has 0 saturated carbocycles. The molecule has 1 unspecified atom stereocenters. The molecule has 0 aliphatic carbocycles. The lowest BCUT2D eigenvalue weighted by atomic mass is 10.0. The first-order chi connectivity index (χ1) is 11.5. The van der Waals surface area contributed by atoms with Gasteiger partial charge in [-0.3, -0.25) is 9.59 Å². The van der Waals surface area contributed by atoms with Gasteiger partial charge in [0.25, 0.3) is 5.91 Å². The smallest absolute Gasteiger partial charge is 0.284 e. The molecule has 4 N–H and O–H groups in total. The third-order valence-corrected chi connectivity index (χ3v) is 3.80. The lowest BCUT2D eigenvalue weighted by Gasteiger charge is -2.02. The third-order valence-electron chi connectivity index (χ3n) is 3.80. The van der Waals surface area contributed by atoms with E-state index in [1.54, 1.807) is 0 Å². The molecular weight excluding hydrogens is 306 g/mol. The molecule has 0 aromatic heterocycles. The van der Waals surface area contributed by atoms with Crippen LogP contribution in [0.4, 0.5) is 0 Å². The second kappa shape index (κ2) is 20.1. The minimum atomic E-state index is -0.789. The van der Waals surface area contributed by atoms with Crippen molar-refractivity contribution in [2.24, 2.45) is 5.73 Å². The molecule has 0 aliphatic rings. The van der Waals surface area contributed by atoms with Crippen molar-refractivity contribution in [2.45, 2.75) is 103 Å². The quantitative estimate of drug-likeness (QED) is 0.312. The average Bonchev–Trinajstić information content (AvgIpc) is 2.56. The fourth-order valence-electron chi connectivity index (χ4n) is 2.25. The highest BCUT2D eigenvalue weighted by atomic mass is 16.3. The van der Waals surface area contributed by atoms with Gasteiger partial charge >= 0.3 is 0 Å². The SMILES string of the molecule is CC(O)CO.CCCCCCCCCCCCCCC(=O)C(N)=O. The van der Waals surface area contributed by atoms with Gasteiger partial charge in [-0.2, -0.15) is 0 Å². The molecule has 5 nitrogen and oxygen atoms in total. The normalized spacial score (nSPS) is 11.5. The summed E-state index contributed by atoms with van der Waals surface area (Å²) in [5.74, 6) is -1.21. The lowest BCUT2D eigenvalue weighted by molar-refractivity contribution is -0.136. The fraction of sp³-hybridized carbons (Fsp3) is 0.895. The zero-order valence-electron chi connectivity index (χ0n) is 15.8. The molecule has 0 aliphatic heterocycles. The minimum absolute atomic E-state index is 0.139. The van der Waals surface area contributed by atoms with Crippen LogP contribution >= 0.6 is 0 Å². The van der Waals surface area contributed by atoms with Gasteiger partial charge in [-0.1, -0.05) is 77.6 Å². The van der Waals surface area contributed by atoms with E-state index >= 15 is 0 Å². The Balaban J connectivity index is 0. The number of unbranched alkanes of at least 4 members (excludes halogenated alkanes) is 11. The maximum Gasteiger partial charge on any atom is 0.284 e. The van der Waals surface area contributed by atoms with Crippen molar-refractivity contribution in [1.82, 2.24) is 0 Å². The van der Waals surface area contributed by atoms with Crippen LogP contribution in [0.15, 0.2) is 0 Å². The van der Waals surface area contributed by atoms with Crippen molar-refractivity contribution in [3.63, 3.8) is 0 Å². The van der Waals surface area contributed by atoms with Crippen LogP contribution in [0.3, 0.4) is 0 Å². The van der Waals surface area contributed by atoms with Crippen LogP contribution in [-0.4, -0.2) is 34.6 Å². The molecule has 1 amide bonds. The maximum atomic E-state index is 11.0. The van der Waals surface area contributed by atoms with Crippen molar-refractivity contribution in [1.29, 1.82) is 0 Å². The number of rotatable bonds is 15. The van der Waals surface area contributed by atoms with E-state index in [0.29, 0.717) is 6.42 Å². The largest absolute Gasteiger partial charge is 0.394 e. The van der Waals surface area contributed by atoms with Gasteiger partial charge in [0.2, 0.25) is 5.78 Å². The Labute approximate surface area is 148 Å². The molecule has 1 atom stereocenters. The molecule has 0 fully saturated rings. The third kappa shape index (κ3) is 23.3. The maximum absolute atomic E-state index is 11.0. The monoisotopic (exact) mass is 345 g/mol. The first-order valence-corrected chi connectivity index (χ1v) is 9.57. The van der Waals surface area contributed by atoms with E-state index in [-0.39, 0.29) is 6.61 Å². The van der Waals surface area contributed by atoms with Crippen LogP contribution < -0.4 is 5.73 Å². The molecule has 0 rings (SSSR count). The molecule has 0 aromatic rings. The molecule has 144 valence electrons. The van der Waals surface area contributed by atoms with Gasteiger partial charge in [0, 0.05) is 6.42 Å². The standard InChI is InChI=1S/C16H31NO2.C3H8O2/c1-2-3-4-5-6-7-8-9-10-11-12-13-14-15(18)16(17)19;1-3(5)2-4/h2-14H2,1H3,(H2,17,19);3-5H,2H2,1H3. The number of aliphatic hydroxyl groups excluding tert-OH is 2. The van der Waals surface area contributed by atoms with Gasteiger partial charge in [0.05, 0.1) is 12.7 Å². The summed E-state index contributed by atoms with van der Waals surface area (Å²) in [7, 11) is 0. The van der Waals surface area contributed by atoms with E-state index in [9.17, 15) is 9.59 Å². The van der Waals surface area contributed by atoms with Crippen molar-refractivity contribution < 1.29 is 19.8 Å². The van der Waals surface area contributed by atoms with Crippen LogP contribution in [0.5, 0.6) is 0 Å². The summed E-state index contributed by atoms with van der Waals surface area (Å²) in [5, 5.41) is 16.0. The minimum Gasteiger partial charge on any atom is -0.394 e. The first kappa shape index (κ1) is 25.3. The van der Waals surface area contributed by atoms with E-state index in [1.807, 2.05) is 0 Å². The second-order valence-electron chi connectivity index (χ2n) is 6.46. The van der Waals surface area contributed by atoms with Crippen LogP contribution in [0.25, 0.3) is 0 Å². The average molecular weight is 346 g/mol. The van der Waals surface area contributed by atoms with Gasteiger partial charge in [-0.15, -0.1) is 0 Å². The Morgan fingerprint density at radius 3 is 1.46 bits per heavy atom. The van der Waals surface area contributed by atoms with Crippen molar-refractivity contribution in [3.05, 3.63) is 0 Å². The lowest BCUT2D eigenvalue weighted by Crippen LogP contribution is -2.22. The van der Waals surface area contributed by atoms with Crippen molar-refractivity contribution >= 4 is 11.7 Å². The van der Waals surface area contributed by atoms with E-state index < -0.39 is 17.8 Å². The van der Waals surface area contributed by atoms with Crippen LogP contribution in [0.1, 0.15) is 97.3 Å². The Morgan fingerprint density at radius 2 is 1.17 bits per heavy atom. The molecule has 0 spiro atoms.